The van der Waals surface area contributed by atoms with Gasteiger partial charge >= 0.3 is 0 Å². The third-order valence-corrected chi connectivity index (χ3v) is 3.58. The largest absolute Gasteiger partial charge is 0.285 e. The normalized spacial score (nSPS) is 10.5. The third-order valence-electron chi connectivity index (χ3n) is 2.74. The number of fused-ring (bicyclic) bond motifs is 1. The number of benzene rings is 1. The molecule has 0 amide bonds. The summed E-state index contributed by atoms with van der Waals surface area (Å²) < 4.78 is 1.74. The van der Waals surface area contributed by atoms with Gasteiger partial charge in [-0.1, -0.05) is 29.8 Å². The second-order valence-corrected chi connectivity index (χ2v) is 5.34. The molecule has 0 bridgehead atoms. The Balaban J connectivity index is 2.62. The van der Waals surface area contributed by atoms with Gasteiger partial charge in [-0.25, -0.2) is 4.98 Å². The van der Waals surface area contributed by atoms with Crippen LogP contribution in [0.2, 0.25) is 0 Å². The minimum absolute atomic E-state index is 0.0209. The molecule has 19 heavy (non-hydrogen) atoms. The summed E-state index contributed by atoms with van der Waals surface area (Å²) in [5.41, 5.74) is 0.768. The van der Waals surface area contributed by atoms with Gasteiger partial charge in [-0.3, -0.25) is 9.36 Å². The molecule has 98 valence electrons. The van der Waals surface area contributed by atoms with Gasteiger partial charge in [0.2, 0.25) is 0 Å². The maximum absolute atomic E-state index is 12.5. The number of hydrogen-bond donors (Lipinski definition) is 0. The highest BCUT2D eigenvalue weighted by Gasteiger charge is 2.13. The van der Waals surface area contributed by atoms with E-state index in [9.17, 15) is 4.79 Å². The second-order valence-electron chi connectivity index (χ2n) is 4.40. The van der Waals surface area contributed by atoms with Crippen molar-refractivity contribution in [2.75, 3.05) is 5.75 Å². The van der Waals surface area contributed by atoms with Crippen LogP contribution >= 0.6 is 11.8 Å². The van der Waals surface area contributed by atoms with E-state index in [4.69, 9.17) is 0 Å². The molecular weight excluding hydrogens is 256 g/mol. The number of nitrogens with zero attached hydrogens (tertiary/aromatic N) is 2. The van der Waals surface area contributed by atoms with Crippen molar-refractivity contribution in [2.45, 2.75) is 32.0 Å². The van der Waals surface area contributed by atoms with E-state index < -0.39 is 0 Å². The minimum atomic E-state index is 0.0209. The van der Waals surface area contributed by atoms with E-state index in [0.717, 1.165) is 10.7 Å². The first-order valence-corrected chi connectivity index (χ1v) is 7.17. The first-order valence-electron chi connectivity index (χ1n) is 6.19. The van der Waals surface area contributed by atoms with Crippen molar-refractivity contribution in [2.24, 2.45) is 0 Å². The van der Waals surface area contributed by atoms with E-state index in [0.29, 0.717) is 11.1 Å². The van der Waals surface area contributed by atoms with Gasteiger partial charge in [-0.15, -0.1) is 5.92 Å². The van der Waals surface area contributed by atoms with E-state index in [1.54, 1.807) is 4.57 Å². The smallest absolute Gasteiger partial charge is 0.262 e. The van der Waals surface area contributed by atoms with Gasteiger partial charge in [0.25, 0.3) is 5.56 Å². The van der Waals surface area contributed by atoms with Crippen LogP contribution in [-0.2, 0) is 0 Å². The van der Waals surface area contributed by atoms with E-state index >= 15 is 0 Å². The van der Waals surface area contributed by atoms with Gasteiger partial charge in [0.1, 0.15) is 0 Å². The first-order chi connectivity index (χ1) is 9.15. The van der Waals surface area contributed by atoms with Crippen LogP contribution in [-0.4, -0.2) is 15.3 Å². The van der Waals surface area contributed by atoms with Crippen molar-refractivity contribution in [1.29, 1.82) is 0 Å². The van der Waals surface area contributed by atoms with Gasteiger partial charge in [-0.05, 0) is 32.9 Å². The molecular formula is C15H16N2OS. The fourth-order valence-electron chi connectivity index (χ4n) is 1.86. The van der Waals surface area contributed by atoms with Gasteiger partial charge in [0.15, 0.2) is 5.16 Å². The van der Waals surface area contributed by atoms with E-state index in [-0.39, 0.29) is 11.6 Å². The zero-order chi connectivity index (χ0) is 13.8. The number of rotatable bonds is 3. The quantitative estimate of drug-likeness (QED) is 0.489. The topological polar surface area (TPSA) is 34.9 Å². The van der Waals surface area contributed by atoms with E-state index in [1.807, 2.05) is 45.0 Å². The van der Waals surface area contributed by atoms with E-state index in [2.05, 4.69) is 16.8 Å². The number of hydrogen-bond acceptors (Lipinski definition) is 3. The Bertz CT molecular complexity index is 707. The van der Waals surface area contributed by atoms with Crippen LogP contribution in [0.1, 0.15) is 26.8 Å². The Morgan fingerprint density at radius 1 is 1.37 bits per heavy atom. The van der Waals surface area contributed by atoms with Crippen molar-refractivity contribution in [3.63, 3.8) is 0 Å². The summed E-state index contributed by atoms with van der Waals surface area (Å²) in [6.07, 6.45) is 0. The molecule has 3 nitrogen and oxygen atoms in total. The zero-order valence-corrected chi connectivity index (χ0v) is 12.1. The molecule has 2 rings (SSSR count). The average molecular weight is 272 g/mol. The van der Waals surface area contributed by atoms with E-state index in [1.165, 1.54) is 11.8 Å². The lowest BCUT2D eigenvalue weighted by Crippen LogP contribution is -2.25. The SMILES string of the molecule is CC#CCSc1nc2ccccc2c(=O)n1C(C)C. The summed E-state index contributed by atoms with van der Waals surface area (Å²) in [4.78, 5) is 17.1. The summed E-state index contributed by atoms with van der Waals surface area (Å²) in [6.45, 7) is 5.80. The molecule has 0 atom stereocenters. The monoisotopic (exact) mass is 272 g/mol. The predicted molar refractivity (Wildman–Crippen MR) is 80.6 cm³/mol. The van der Waals surface area contributed by atoms with Gasteiger partial charge in [-0.2, -0.15) is 0 Å². The molecule has 0 aliphatic heterocycles. The zero-order valence-electron chi connectivity index (χ0n) is 11.3. The number of para-hydroxylation sites is 1. The standard InChI is InChI=1S/C15H16N2OS/c1-4-5-10-19-15-16-13-9-7-6-8-12(13)14(18)17(15)11(2)3/h6-9,11H,10H2,1-3H3. The molecule has 2 aromatic rings. The molecule has 0 fully saturated rings. The molecule has 0 saturated heterocycles. The maximum atomic E-state index is 12.5. The molecule has 1 aromatic heterocycles. The first kappa shape index (κ1) is 13.7. The van der Waals surface area contributed by atoms with Crippen LogP contribution < -0.4 is 5.56 Å². The molecule has 0 aliphatic carbocycles. The van der Waals surface area contributed by atoms with Gasteiger partial charge < -0.3 is 0 Å². The summed E-state index contributed by atoms with van der Waals surface area (Å²) in [5.74, 6) is 6.49. The third kappa shape index (κ3) is 2.82. The highest BCUT2D eigenvalue weighted by atomic mass is 32.2. The molecule has 0 unspecified atom stereocenters. The van der Waals surface area contributed by atoms with Crippen molar-refractivity contribution in [3.8, 4) is 11.8 Å². The molecule has 1 aromatic carbocycles. The second kappa shape index (κ2) is 5.94. The van der Waals surface area contributed by atoms with Crippen molar-refractivity contribution < 1.29 is 0 Å². The summed E-state index contributed by atoms with van der Waals surface area (Å²) in [7, 11) is 0. The van der Waals surface area contributed by atoms with Crippen molar-refractivity contribution >= 4 is 22.7 Å². The molecule has 0 aliphatic rings. The average Bonchev–Trinajstić information content (AvgIpc) is 2.39. The van der Waals surface area contributed by atoms with Gasteiger partial charge in [0.05, 0.1) is 16.7 Å². The summed E-state index contributed by atoms with van der Waals surface area (Å²) >= 11 is 1.51. The lowest BCUT2D eigenvalue weighted by atomic mass is 10.2. The Kier molecular flexibility index (Phi) is 4.28. The Morgan fingerprint density at radius 2 is 2.11 bits per heavy atom. The molecule has 0 spiro atoms. The van der Waals surface area contributed by atoms with Crippen LogP contribution in [0.3, 0.4) is 0 Å². The highest BCUT2D eigenvalue weighted by Crippen LogP contribution is 2.20. The fraction of sp³-hybridized carbons (Fsp3) is 0.333. The highest BCUT2D eigenvalue weighted by molar-refractivity contribution is 7.99. The summed E-state index contributed by atoms with van der Waals surface area (Å²) in [6, 6.07) is 7.54. The Labute approximate surface area is 117 Å². The minimum Gasteiger partial charge on any atom is -0.285 e. The number of aromatic nitrogens is 2. The van der Waals surface area contributed by atoms with Crippen LogP contribution in [0.15, 0.2) is 34.2 Å². The van der Waals surface area contributed by atoms with Crippen molar-refractivity contribution in [1.82, 2.24) is 9.55 Å². The van der Waals surface area contributed by atoms with Crippen molar-refractivity contribution in [3.05, 3.63) is 34.6 Å². The maximum Gasteiger partial charge on any atom is 0.262 e. The molecule has 0 N–H and O–H groups in total. The molecule has 0 radical (unpaired) electrons. The molecule has 0 saturated carbocycles. The van der Waals surface area contributed by atoms with Gasteiger partial charge in [0, 0.05) is 6.04 Å². The van der Waals surface area contributed by atoms with Crippen LogP contribution in [0.5, 0.6) is 0 Å². The van der Waals surface area contributed by atoms with Crippen LogP contribution in [0, 0.1) is 11.8 Å². The Hall–Kier alpha value is -1.73. The fourth-order valence-corrected chi connectivity index (χ4v) is 2.80. The van der Waals surface area contributed by atoms with Crippen LogP contribution in [0.4, 0.5) is 0 Å². The molecule has 1 heterocycles. The molecule has 4 heteroatoms. The Morgan fingerprint density at radius 3 is 2.79 bits per heavy atom. The lowest BCUT2D eigenvalue weighted by molar-refractivity contribution is 0.519. The lowest BCUT2D eigenvalue weighted by Gasteiger charge is -2.15. The number of thioether (sulfide) groups is 1. The van der Waals surface area contributed by atoms with Crippen LogP contribution in [0.25, 0.3) is 10.9 Å². The predicted octanol–water partition coefficient (Wildman–Crippen LogP) is 3.09. The summed E-state index contributed by atoms with van der Waals surface area (Å²) in [5, 5.41) is 1.41.